The van der Waals surface area contributed by atoms with Gasteiger partial charge in [-0.05, 0) is 37.0 Å². The minimum absolute atomic E-state index is 0.847. The maximum absolute atomic E-state index is 4.73. The maximum atomic E-state index is 4.73. The molecule has 6 nitrogen and oxygen atoms in total. The highest BCUT2D eigenvalue weighted by Crippen LogP contribution is 2.30. The van der Waals surface area contributed by atoms with Crippen LogP contribution in [0.15, 0.2) is 42.9 Å². The van der Waals surface area contributed by atoms with Gasteiger partial charge < -0.3 is 4.90 Å². The third-order valence-corrected chi connectivity index (χ3v) is 7.32. The number of para-hydroxylation sites is 1. The lowest BCUT2D eigenvalue weighted by Gasteiger charge is -2.43. The van der Waals surface area contributed by atoms with Gasteiger partial charge >= 0.3 is 0 Å². The number of piperazine rings is 1. The fraction of sp³-hybridized carbons (Fsp3) is 0.480. The van der Waals surface area contributed by atoms with Gasteiger partial charge in [0.05, 0.1) is 11.2 Å². The molecule has 3 aromatic rings. The highest BCUT2D eigenvalue weighted by Gasteiger charge is 2.30. The van der Waals surface area contributed by atoms with Gasteiger partial charge in [-0.2, -0.15) is 0 Å². The van der Waals surface area contributed by atoms with E-state index in [-0.39, 0.29) is 0 Å². The third-order valence-electron chi connectivity index (χ3n) is 7.32. The lowest BCUT2D eigenvalue weighted by molar-refractivity contribution is 0.120. The Bertz CT molecular complexity index is 1070. The molecule has 31 heavy (non-hydrogen) atoms. The van der Waals surface area contributed by atoms with Gasteiger partial charge in [0.25, 0.3) is 0 Å². The molecule has 6 rings (SSSR count). The van der Waals surface area contributed by atoms with Crippen molar-refractivity contribution in [2.75, 3.05) is 37.6 Å². The van der Waals surface area contributed by atoms with Crippen molar-refractivity contribution in [3.8, 4) is 0 Å². The van der Waals surface area contributed by atoms with E-state index in [1.807, 2.05) is 12.3 Å². The molecule has 3 aliphatic rings. The SMILES string of the molecule is c1ccc2ncc(CN3CCc4c(ncnc4N4CCN(C5CCC5)CC4)C3)cc2c1. The first kappa shape index (κ1) is 19.1. The summed E-state index contributed by atoms with van der Waals surface area (Å²) in [6.07, 6.45) is 9.01. The van der Waals surface area contributed by atoms with E-state index in [9.17, 15) is 0 Å². The molecule has 0 amide bonds. The van der Waals surface area contributed by atoms with Gasteiger partial charge in [-0.3, -0.25) is 14.8 Å². The summed E-state index contributed by atoms with van der Waals surface area (Å²) in [6.45, 7) is 7.37. The Kier molecular flexibility index (Phi) is 5.04. The molecule has 1 saturated carbocycles. The number of benzene rings is 1. The standard InChI is InChI=1S/C25H30N6/c1-2-7-23-20(4-1)14-19(15-26-23)16-29-9-8-22-24(17-29)27-18-28-25(22)31-12-10-30(11-13-31)21-5-3-6-21/h1-2,4,7,14-15,18,21H,3,5-6,8-13,16-17H2. The van der Waals surface area contributed by atoms with Crippen LogP contribution in [0.3, 0.4) is 0 Å². The van der Waals surface area contributed by atoms with Crippen molar-refractivity contribution < 1.29 is 0 Å². The topological polar surface area (TPSA) is 48.4 Å². The first-order chi connectivity index (χ1) is 15.3. The van der Waals surface area contributed by atoms with Gasteiger partial charge in [-0.15, -0.1) is 0 Å². The van der Waals surface area contributed by atoms with Gasteiger partial charge in [-0.1, -0.05) is 24.6 Å². The van der Waals surface area contributed by atoms with Crippen LogP contribution in [-0.4, -0.2) is 63.5 Å². The fourth-order valence-electron chi connectivity index (χ4n) is 5.31. The highest BCUT2D eigenvalue weighted by molar-refractivity contribution is 5.78. The van der Waals surface area contributed by atoms with Crippen LogP contribution in [0.2, 0.25) is 0 Å². The predicted octanol–water partition coefficient (Wildman–Crippen LogP) is 3.26. The van der Waals surface area contributed by atoms with Crippen LogP contribution >= 0.6 is 0 Å². The molecular formula is C25H30N6. The molecule has 0 unspecified atom stereocenters. The minimum atomic E-state index is 0.847. The lowest BCUT2D eigenvalue weighted by Crippen LogP contribution is -2.52. The molecule has 2 aliphatic heterocycles. The van der Waals surface area contributed by atoms with Crippen molar-refractivity contribution in [2.45, 2.75) is 44.8 Å². The normalized spacial score (nSPS) is 20.6. The first-order valence-electron chi connectivity index (χ1n) is 11.7. The number of hydrogen-bond donors (Lipinski definition) is 0. The summed E-state index contributed by atoms with van der Waals surface area (Å²) in [5.41, 5.74) is 4.90. The third kappa shape index (κ3) is 3.79. The molecule has 0 radical (unpaired) electrons. The van der Waals surface area contributed by atoms with Crippen molar-refractivity contribution in [2.24, 2.45) is 0 Å². The average Bonchev–Trinajstić information content (AvgIpc) is 2.78. The highest BCUT2D eigenvalue weighted by atomic mass is 15.3. The van der Waals surface area contributed by atoms with E-state index in [1.165, 1.54) is 60.4 Å². The molecule has 0 N–H and O–H groups in total. The number of aromatic nitrogens is 3. The number of rotatable bonds is 4. The van der Waals surface area contributed by atoms with E-state index in [0.29, 0.717) is 0 Å². The summed E-state index contributed by atoms with van der Waals surface area (Å²) in [5.74, 6) is 1.19. The van der Waals surface area contributed by atoms with Crippen LogP contribution in [0, 0.1) is 0 Å². The van der Waals surface area contributed by atoms with Gasteiger partial charge in [-0.25, -0.2) is 9.97 Å². The van der Waals surface area contributed by atoms with E-state index >= 15 is 0 Å². The molecule has 4 heterocycles. The van der Waals surface area contributed by atoms with Crippen LogP contribution in [0.1, 0.15) is 36.1 Å². The quantitative estimate of drug-likeness (QED) is 0.653. The van der Waals surface area contributed by atoms with Gasteiger partial charge in [0.2, 0.25) is 0 Å². The summed E-state index contributed by atoms with van der Waals surface area (Å²) in [7, 11) is 0. The second kappa shape index (κ2) is 8.17. The Morgan fingerprint density at radius 2 is 1.81 bits per heavy atom. The summed E-state index contributed by atoms with van der Waals surface area (Å²) in [6, 6.07) is 11.4. The van der Waals surface area contributed by atoms with Crippen LogP contribution in [0.4, 0.5) is 5.82 Å². The molecule has 6 heteroatoms. The number of anilines is 1. The second-order valence-electron chi connectivity index (χ2n) is 9.23. The second-order valence-corrected chi connectivity index (χ2v) is 9.23. The van der Waals surface area contributed by atoms with Crippen molar-refractivity contribution in [1.29, 1.82) is 0 Å². The van der Waals surface area contributed by atoms with Crippen LogP contribution in [0.5, 0.6) is 0 Å². The van der Waals surface area contributed by atoms with E-state index in [1.54, 1.807) is 6.33 Å². The van der Waals surface area contributed by atoms with Gasteiger partial charge in [0, 0.05) is 69.0 Å². The number of hydrogen-bond acceptors (Lipinski definition) is 6. The number of fused-ring (bicyclic) bond motifs is 2. The molecule has 0 bridgehead atoms. The molecule has 1 aliphatic carbocycles. The summed E-state index contributed by atoms with van der Waals surface area (Å²) in [4.78, 5) is 21.7. The van der Waals surface area contributed by atoms with E-state index in [0.717, 1.165) is 50.7 Å². The molecule has 2 aromatic heterocycles. The zero-order chi connectivity index (χ0) is 20.6. The van der Waals surface area contributed by atoms with E-state index in [2.05, 4.69) is 48.9 Å². The molecule has 160 valence electrons. The lowest BCUT2D eigenvalue weighted by atomic mass is 9.91. The Labute approximate surface area is 183 Å². The number of nitrogens with zero attached hydrogens (tertiary/aromatic N) is 6. The van der Waals surface area contributed by atoms with E-state index in [4.69, 9.17) is 4.98 Å². The monoisotopic (exact) mass is 414 g/mol. The zero-order valence-electron chi connectivity index (χ0n) is 18.1. The van der Waals surface area contributed by atoms with Crippen molar-refractivity contribution in [3.05, 3.63) is 59.7 Å². The van der Waals surface area contributed by atoms with Gasteiger partial charge in [0.1, 0.15) is 12.1 Å². The van der Waals surface area contributed by atoms with Crippen molar-refractivity contribution >= 4 is 16.7 Å². The summed E-state index contributed by atoms with van der Waals surface area (Å²) >= 11 is 0. The van der Waals surface area contributed by atoms with Crippen LogP contribution in [0.25, 0.3) is 10.9 Å². The Morgan fingerprint density at radius 1 is 0.935 bits per heavy atom. The van der Waals surface area contributed by atoms with Crippen molar-refractivity contribution in [1.82, 2.24) is 24.8 Å². The molecule has 2 fully saturated rings. The fourth-order valence-corrected chi connectivity index (χ4v) is 5.31. The Morgan fingerprint density at radius 3 is 2.65 bits per heavy atom. The molecular weight excluding hydrogens is 384 g/mol. The predicted molar refractivity (Wildman–Crippen MR) is 123 cm³/mol. The van der Waals surface area contributed by atoms with Gasteiger partial charge in [0.15, 0.2) is 0 Å². The zero-order valence-corrected chi connectivity index (χ0v) is 18.1. The molecule has 1 aromatic carbocycles. The minimum Gasteiger partial charge on any atom is -0.354 e. The molecule has 0 spiro atoms. The summed E-state index contributed by atoms with van der Waals surface area (Å²) < 4.78 is 0. The first-order valence-corrected chi connectivity index (χ1v) is 11.7. The maximum Gasteiger partial charge on any atom is 0.135 e. The Balaban J connectivity index is 1.14. The molecule has 1 saturated heterocycles. The summed E-state index contributed by atoms with van der Waals surface area (Å²) in [5, 5.41) is 1.21. The van der Waals surface area contributed by atoms with E-state index < -0.39 is 0 Å². The number of pyridine rings is 1. The smallest absolute Gasteiger partial charge is 0.135 e. The molecule has 0 atom stereocenters. The average molecular weight is 415 g/mol. The van der Waals surface area contributed by atoms with Crippen LogP contribution in [-0.2, 0) is 19.5 Å². The van der Waals surface area contributed by atoms with Crippen LogP contribution < -0.4 is 4.90 Å². The Hall–Kier alpha value is -2.57. The van der Waals surface area contributed by atoms with Crippen molar-refractivity contribution in [3.63, 3.8) is 0 Å². The largest absolute Gasteiger partial charge is 0.354 e.